The Morgan fingerprint density at radius 3 is 2.54 bits per heavy atom. The largest absolute Gasteiger partial charge is 0.510 e. The van der Waals surface area contributed by atoms with Crippen LogP contribution in [0.4, 0.5) is 0 Å². The lowest BCUT2D eigenvalue weighted by atomic mass is 9.97. The number of methoxy groups -OCH3 is 1. The number of halogens is 1. The lowest BCUT2D eigenvalue weighted by Gasteiger charge is -2.07. The predicted molar refractivity (Wildman–Crippen MR) is 108 cm³/mol. The Bertz CT molecular complexity index is 560. The van der Waals surface area contributed by atoms with Crippen molar-refractivity contribution in [1.29, 1.82) is 0 Å². The van der Waals surface area contributed by atoms with Crippen molar-refractivity contribution >= 4 is 27.7 Å². The Balaban J connectivity index is 2.51. The van der Waals surface area contributed by atoms with Gasteiger partial charge in [-0.1, -0.05) is 50.8 Å². The maximum atomic E-state index is 12.3. The van der Waals surface area contributed by atoms with Gasteiger partial charge in [0, 0.05) is 12.0 Å². The highest BCUT2D eigenvalue weighted by molar-refractivity contribution is 9.12. The molecule has 0 spiro atoms. The van der Waals surface area contributed by atoms with Crippen molar-refractivity contribution in [1.82, 2.24) is 0 Å². The van der Waals surface area contributed by atoms with E-state index in [-0.39, 0.29) is 27.9 Å². The molecule has 1 rings (SSSR count). The van der Waals surface area contributed by atoms with Gasteiger partial charge in [-0.25, -0.2) is 0 Å². The zero-order chi connectivity index (χ0) is 19.4. The molecular weight excluding hydrogens is 396 g/mol. The fourth-order valence-electron chi connectivity index (χ4n) is 2.95. The maximum absolute atomic E-state index is 12.3. The Morgan fingerprint density at radius 2 is 1.85 bits per heavy atom. The quantitative estimate of drug-likeness (QED) is 0.182. The summed E-state index contributed by atoms with van der Waals surface area (Å²) in [6.45, 7) is 2.19. The van der Waals surface area contributed by atoms with Gasteiger partial charge in [-0.05, 0) is 48.0 Å². The van der Waals surface area contributed by atoms with Crippen LogP contribution in [0.15, 0.2) is 34.0 Å². The highest BCUT2D eigenvalue weighted by atomic mass is 79.9. The van der Waals surface area contributed by atoms with E-state index in [1.165, 1.54) is 26.4 Å². The molecule has 0 heterocycles. The van der Waals surface area contributed by atoms with Crippen LogP contribution in [0.1, 0.15) is 71.1 Å². The summed E-state index contributed by atoms with van der Waals surface area (Å²) in [5, 5.41) is 10.2. The van der Waals surface area contributed by atoms with E-state index in [9.17, 15) is 14.7 Å². The third-order valence-electron chi connectivity index (χ3n) is 4.55. The summed E-state index contributed by atoms with van der Waals surface area (Å²) in [6.07, 6.45) is 15.5. The number of ether oxygens (including phenoxy) is 1. The number of Topliss-reactive ketones (excluding diaryl/α,β-unsaturated/α-hetero) is 1. The fraction of sp³-hybridized carbons (Fsp3) is 0.619. The van der Waals surface area contributed by atoms with Crippen LogP contribution in [0.2, 0.25) is 0 Å². The van der Waals surface area contributed by atoms with Gasteiger partial charge in [-0.2, -0.15) is 0 Å². The maximum Gasteiger partial charge on any atom is 0.305 e. The molecule has 5 heteroatoms. The molecule has 0 aromatic carbocycles. The average Bonchev–Trinajstić information content (AvgIpc) is 2.84. The zero-order valence-electron chi connectivity index (χ0n) is 15.9. The molecule has 26 heavy (non-hydrogen) atoms. The van der Waals surface area contributed by atoms with E-state index in [1.807, 2.05) is 12.2 Å². The summed E-state index contributed by atoms with van der Waals surface area (Å²) in [6, 6.07) is 0. The van der Waals surface area contributed by atoms with Crippen LogP contribution in [0, 0.1) is 5.92 Å². The normalized spacial score (nSPS) is 19.1. The van der Waals surface area contributed by atoms with Gasteiger partial charge in [-0.15, -0.1) is 0 Å². The number of aliphatic hydroxyl groups excluding tert-OH is 1. The highest BCUT2D eigenvalue weighted by Crippen LogP contribution is 2.37. The number of carbonyl (C=O) groups excluding carboxylic acids is 2. The second-order valence-corrected chi connectivity index (χ2v) is 7.41. The summed E-state index contributed by atoms with van der Waals surface area (Å²) in [7, 11) is 1.40. The van der Waals surface area contributed by atoms with Crippen molar-refractivity contribution in [3.8, 4) is 0 Å². The molecule has 0 radical (unpaired) electrons. The van der Waals surface area contributed by atoms with E-state index < -0.39 is 0 Å². The van der Waals surface area contributed by atoms with Gasteiger partial charge in [0.15, 0.2) is 5.78 Å². The number of rotatable bonds is 12. The Hall–Kier alpha value is -1.36. The minimum Gasteiger partial charge on any atom is -0.510 e. The molecule has 0 aromatic heterocycles. The topological polar surface area (TPSA) is 63.6 Å². The first-order valence-electron chi connectivity index (χ1n) is 9.59. The molecular formula is C21H31BrO4. The van der Waals surface area contributed by atoms with Crippen LogP contribution in [0.25, 0.3) is 0 Å². The minimum absolute atomic E-state index is 0.108. The number of allylic oxidation sites excluding steroid dienone is 4. The van der Waals surface area contributed by atoms with Gasteiger partial charge < -0.3 is 9.84 Å². The first kappa shape index (κ1) is 22.7. The monoisotopic (exact) mass is 426 g/mol. The molecule has 146 valence electrons. The molecule has 1 N–H and O–H groups in total. The minimum atomic E-state index is -0.335. The number of esters is 1. The molecule has 0 aliphatic heterocycles. The fourth-order valence-corrected chi connectivity index (χ4v) is 3.43. The summed E-state index contributed by atoms with van der Waals surface area (Å²) in [5.41, 5.74) is 0.646. The van der Waals surface area contributed by atoms with Gasteiger partial charge in [0.2, 0.25) is 0 Å². The zero-order valence-corrected chi connectivity index (χ0v) is 17.5. The van der Waals surface area contributed by atoms with Crippen molar-refractivity contribution in [3.63, 3.8) is 0 Å². The number of unbranched alkanes of at least 4 members (excludes halogenated alkanes) is 7. The van der Waals surface area contributed by atoms with Crippen LogP contribution < -0.4 is 0 Å². The molecule has 0 saturated heterocycles. The van der Waals surface area contributed by atoms with Crippen LogP contribution in [-0.4, -0.2) is 24.0 Å². The third-order valence-corrected chi connectivity index (χ3v) is 5.31. The third kappa shape index (κ3) is 7.48. The van der Waals surface area contributed by atoms with Crippen LogP contribution in [0.3, 0.4) is 0 Å². The second-order valence-electron chi connectivity index (χ2n) is 6.62. The smallest absolute Gasteiger partial charge is 0.305 e. The molecule has 4 nitrogen and oxygen atoms in total. The van der Waals surface area contributed by atoms with E-state index >= 15 is 0 Å². The van der Waals surface area contributed by atoms with Crippen molar-refractivity contribution in [2.24, 2.45) is 5.92 Å². The van der Waals surface area contributed by atoms with E-state index in [0.29, 0.717) is 12.0 Å². The van der Waals surface area contributed by atoms with Gasteiger partial charge in [0.05, 0.1) is 13.0 Å². The van der Waals surface area contributed by atoms with E-state index in [1.54, 1.807) is 0 Å². The van der Waals surface area contributed by atoms with Crippen LogP contribution >= 0.6 is 15.9 Å². The summed E-state index contributed by atoms with van der Waals surface area (Å²) < 4.78 is 4.89. The van der Waals surface area contributed by atoms with Crippen molar-refractivity contribution in [2.75, 3.05) is 7.11 Å². The number of carbonyl (C=O) groups is 2. The van der Waals surface area contributed by atoms with E-state index in [2.05, 4.69) is 33.7 Å². The second kappa shape index (κ2) is 12.9. The van der Waals surface area contributed by atoms with Crippen molar-refractivity contribution in [2.45, 2.75) is 71.1 Å². The number of aliphatic hydroxyl groups is 1. The molecule has 0 aromatic rings. The molecule has 0 bridgehead atoms. The first-order chi connectivity index (χ1) is 12.5. The van der Waals surface area contributed by atoms with Crippen LogP contribution in [-0.2, 0) is 14.3 Å². The first-order valence-corrected chi connectivity index (χ1v) is 10.4. The molecule has 1 atom stereocenters. The predicted octanol–water partition coefficient (Wildman–Crippen LogP) is 5.93. The molecule has 1 aliphatic rings. The number of ketones is 1. The number of hydrogen-bond donors (Lipinski definition) is 1. The van der Waals surface area contributed by atoms with Crippen LogP contribution in [0.5, 0.6) is 0 Å². The van der Waals surface area contributed by atoms with E-state index in [4.69, 9.17) is 0 Å². The van der Waals surface area contributed by atoms with Gasteiger partial charge in [0.25, 0.3) is 0 Å². The van der Waals surface area contributed by atoms with Crippen molar-refractivity contribution in [3.05, 3.63) is 34.0 Å². The van der Waals surface area contributed by atoms with Gasteiger partial charge in [-0.3, -0.25) is 9.59 Å². The average molecular weight is 427 g/mol. The summed E-state index contributed by atoms with van der Waals surface area (Å²) in [5.74, 6) is -0.538. The van der Waals surface area contributed by atoms with E-state index in [0.717, 1.165) is 38.5 Å². The lowest BCUT2D eigenvalue weighted by Crippen LogP contribution is -2.03. The number of hydrogen-bond acceptors (Lipinski definition) is 4. The molecule has 1 aliphatic carbocycles. The Kier molecular flexibility index (Phi) is 11.3. The SMILES string of the molecule is CCCCCC/C=C/C1C(O)=C(Br)C(=O)/C1=C\CCCCCC(=O)OC. The van der Waals surface area contributed by atoms with Crippen molar-refractivity contribution < 1.29 is 19.4 Å². The molecule has 1 unspecified atom stereocenters. The Labute approximate surface area is 165 Å². The summed E-state index contributed by atoms with van der Waals surface area (Å²) >= 11 is 3.20. The van der Waals surface area contributed by atoms with Gasteiger partial charge >= 0.3 is 5.97 Å². The van der Waals surface area contributed by atoms with Gasteiger partial charge in [0.1, 0.15) is 10.2 Å². The lowest BCUT2D eigenvalue weighted by molar-refractivity contribution is -0.140. The highest BCUT2D eigenvalue weighted by Gasteiger charge is 2.34. The standard InChI is InChI=1S/C21H31BrO4/c1-3-4-5-6-7-10-13-16-17(21(25)19(22)20(16)24)14-11-8-9-12-15-18(23)26-2/h10,13-14,16,24H,3-9,11-12,15H2,1-2H3/b13-10+,17-14-. The molecule has 0 saturated carbocycles. The molecule has 0 fully saturated rings. The summed E-state index contributed by atoms with van der Waals surface area (Å²) in [4.78, 5) is 23.4. The Morgan fingerprint density at radius 1 is 1.15 bits per heavy atom. The molecule has 0 amide bonds.